The van der Waals surface area contributed by atoms with Crippen LogP contribution in [-0.4, -0.2) is 22.7 Å². The molecule has 0 fully saturated rings. The highest BCUT2D eigenvalue weighted by Crippen LogP contribution is 2.40. The third-order valence-corrected chi connectivity index (χ3v) is 5.44. The number of halogens is 1. The van der Waals surface area contributed by atoms with Crippen molar-refractivity contribution < 1.29 is 9.53 Å². The van der Waals surface area contributed by atoms with Gasteiger partial charge in [-0.15, -0.1) is 11.3 Å². The number of nitrogens with zero attached hydrogens (tertiary/aromatic N) is 2. The molecule has 0 bridgehead atoms. The van der Waals surface area contributed by atoms with E-state index in [0.29, 0.717) is 10.0 Å². The van der Waals surface area contributed by atoms with Crippen molar-refractivity contribution >= 4 is 29.2 Å². The van der Waals surface area contributed by atoms with Crippen molar-refractivity contribution in [3.8, 4) is 27.4 Å². The first-order valence-corrected chi connectivity index (χ1v) is 8.91. The van der Waals surface area contributed by atoms with Crippen LogP contribution in [-0.2, 0) is 13.5 Å². The number of thiophene rings is 1. The van der Waals surface area contributed by atoms with Gasteiger partial charge in [0.15, 0.2) is 6.29 Å². The van der Waals surface area contributed by atoms with E-state index in [-0.39, 0.29) is 0 Å². The molecule has 24 heavy (non-hydrogen) atoms. The number of benzene rings is 1. The Morgan fingerprint density at radius 2 is 2.21 bits per heavy atom. The van der Waals surface area contributed by atoms with Crippen molar-refractivity contribution in [2.45, 2.75) is 12.8 Å². The maximum Gasteiger partial charge on any atom is 0.168 e. The lowest BCUT2D eigenvalue weighted by atomic mass is 9.97. The first kappa shape index (κ1) is 15.4. The molecule has 0 saturated heterocycles. The quantitative estimate of drug-likeness (QED) is 0.642. The number of rotatable bonds is 3. The number of aromatic nitrogens is 2. The van der Waals surface area contributed by atoms with Gasteiger partial charge >= 0.3 is 0 Å². The average Bonchev–Trinajstić information content (AvgIpc) is 3.17. The number of ether oxygens (including phenoxy) is 1. The van der Waals surface area contributed by atoms with Gasteiger partial charge < -0.3 is 4.74 Å². The predicted octanol–water partition coefficient (Wildman–Crippen LogP) is 4.61. The van der Waals surface area contributed by atoms with Crippen molar-refractivity contribution in [2.75, 3.05) is 6.61 Å². The molecule has 3 heterocycles. The Bertz CT molecular complexity index is 929. The van der Waals surface area contributed by atoms with E-state index < -0.39 is 0 Å². The molecule has 4 nitrogen and oxygen atoms in total. The third-order valence-electron chi connectivity index (χ3n) is 4.21. The van der Waals surface area contributed by atoms with Gasteiger partial charge in [-0.3, -0.25) is 9.48 Å². The maximum absolute atomic E-state index is 11.7. The Balaban J connectivity index is 1.92. The zero-order valence-corrected chi connectivity index (χ0v) is 14.7. The molecular weight excluding hydrogens is 344 g/mol. The van der Waals surface area contributed by atoms with Crippen LogP contribution in [0.15, 0.2) is 30.3 Å². The summed E-state index contributed by atoms with van der Waals surface area (Å²) in [6.45, 7) is 0.762. The molecule has 1 aliphatic rings. The van der Waals surface area contributed by atoms with Crippen molar-refractivity contribution in [1.29, 1.82) is 0 Å². The van der Waals surface area contributed by atoms with E-state index in [9.17, 15) is 4.79 Å². The maximum atomic E-state index is 11.7. The molecular formula is C18H15ClN2O2S. The zero-order chi connectivity index (χ0) is 16.7. The van der Waals surface area contributed by atoms with E-state index in [1.807, 2.05) is 24.3 Å². The van der Waals surface area contributed by atoms with Crippen LogP contribution >= 0.6 is 22.9 Å². The highest BCUT2D eigenvalue weighted by molar-refractivity contribution is 7.19. The van der Waals surface area contributed by atoms with E-state index in [4.69, 9.17) is 16.3 Å². The molecule has 3 aromatic rings. The van der Waals surface area contributed by atoms with E-state index in [2.05, 4.69) is 11.2 Å². The summed E-state index contributed by atoms with van der Waals surface area (Å²) < 4.78 is 8.02. The summed E-state index contributed by atoms with van der Waals surface area (Å²) in [5.41, 5.74) is 4.35. The van der Waals surface area contributed by atoms with Crippen molar-refractivity contribution in [3.63, 3.8) is 0 Å². The van der Waals surface area contributed by atoms with Gasteiger partial charge in [-0.2, -0.15) is 5.10 Å². The summed E-state index contributed by atoms with van der Waals surface area (Å²) in [6, 6.07) is 9.87. The molecule has 0 amide bonds. The molecule has 0 radical (unpaired) electrons. The monoisotopic (exact) mass is 358 g/mol. The SMILES string of the molecule is Cn1nc(-c2ccc(Cl)s2)c(-c2ccc3c(c2)CCCO3)c1C=O. The van der Waals surface area contributed by atoms with Crippen LogP contribution in [0.5, 0.6) is 5.75 Å². The molecule has 122 valence electrons. The van der Waals surface area contributed by atoms with E-state index in [1.165, 1.54) is 16.9 Å². The summed E-state index contributed by atoms with van der Waals surface area (Å²) in [4.78, 5) is 12.6. The van der Waals surface area contributed by atoms with Crippen LogP contribution in [0.2, 0.25) is 4.34 Å². The van der Waals surface area contributed by atoms with Gasteiger partial charge in [-0.05, 0) is 48.2 Å². The second-order valence-corrected chi connectivity index (χ2v) is 7.44. The van der Waals surface area contributed by atoms with Crippen molar-refractivity contribution in [1.82, 2.24) is 9.78 Å². The number of carbonyl (C=O) groups is 1. The highest BCUT2D eigenvalue weighted by Gasteiger charge is 2.21. The first-order chi connectivity index (χ1) is 11.7. The number of hydrogen-bond acceptors (Lipinski definition) is 4. The summed E-state index contributed by atoms with van der Waals surface area (Å²) in [6.07, 6.45) is 2.86. The van der Waals surface area contributed by atoms with E-state index >= 15 is 0 Å². The van der Waals surface area contributed by atoms with Crippen molar-refractivity contribution in [2.24, 2.45) is 7.05 Å². The fourth-order valence-electron chi connectivity index (χ4n) is 3.09. The predicted molar refractivity (Wildman–Crippen MR) is 96.2 cm³/mol. The van der Waals surface area contributed by atoms with Crippen LogP contribution in [0.3, 0.4) is 0 Å². The molecule has 1 aliphatic heterocycles. The minimum Gasteiger partial charge on any atom is -0.493 e. The number of carbonyl (C=O) groups excluding carboxylic acids is 1. The smallest absolute Gasteiger partial charge is 0.168 e. The minimum atomic E-state index is 0.561. The second-order valence-electron chi connectivity index (χ2n) is 5.73. The molecule has 0 N–H and O–H groups in total. The Kier molecular flexibility index (Phi) is 3.90. The molecule has 6 heteroatoms. The number of hydrogen-bond donors (Lipinski definition) is 0. The largest absolute Gasteiger partial charge is 0.493 e. The van der Waals surface area contributed by atoms with E-state index in [1.54, 1.807) is 11.7 Å². The van der Waals surface area contributed by atoms with Gasteiger partial charge in [0.1, 0.15) is 17.1 Å². The summed E-state index contributed by atoms with van der Waals surface area (Å²) >= 11 is 7.54. The Morgan fingerprint density at radius 1 is 1.33 bits per heavy atom. The minimum absolute atomic E-state index is 0.561. The fourth-order valence-corrected chi connectivity index (χ4v) is 4.12. The topological polar surface area (TPSA) is 44.1 Å². The fraction of sp³-hybridized carbons (Fsp3) is 0.222. The average molecular weight is 359 g/mol. The molecule has 0 atom stereocenters. The van der Waals surface area contributed by atoms with Crippen LogP contribution in [0.25, 0.3) is 21.7 Å². The van der Waals surface area contributed by atoms with Crippen LogP contribution in [0.4, 0.5) is 0 Å². The lowest BCUT2D eigenvalue weighted by Gasteiger charge is -2.18. The van der Waals surface area contributed by atoms with Gasteiger partial charge in [0.2, 0.25) is 0 Å². The Labute approximate surface area is 148 Å². The summed E-state index contributed by atoms with van der Waals surface area (Å²) in [5, 5.41) is 4.56. The summed E-state index contributed by atoms with van der Waals surface area (Å²) in [5.74, 6) is 0.933. The van der Waals surface area contributed by atoms with Gasteiger partial charge in [0.25, 0.3) is 0 Å². The number of aldehydes is 1. The molecule has 0 aliphatic carbocycles. The standard InChI is InChI=1S/C18H15ClN2O2S/c1-21-13(10-22)17(18(20-21)15-6-7-16(19)24-15)12-4-5-14-11(9-12)3-2-8-23-14/h4-7,9-10H,2-3,8H2,1H3. The van der Waals surface area contributed by atoms with Gasteiger partial charge in [0.05, 0.1) is 15.8 Å². The highest BCUT2D eigenvalue weighted by atomic mass is 35.5. The lowest BCUT2D eigenvalue weighted by molar-refractivity contribution is 0.111. The van der Waals surface area contributed by atoms with Gasteiger partial charge in [0, 0.05) is 12.6 Å². The third kappa shape index (κ3) is 2.54. The van der Waals surface area contributed by atoms with Crippen LogP contribution < -0.4 is 4.74 Å². The van der Waals surface area contributed by atoms with Gasteiger partial charge in [-0.25, -0.2) is 0 Å². The number of fused-ring (bicyclic) bond motifs is 1. The molecule has 0 unspecified atom stereocenters. The second kappa shape index (κ2) is 6.07. The zero-order valence-electron chi connectivity index (χ0n) is 13.1. The van der Waals surface area contributed by atoms with Crippen molar-refractivity contribution in [3.05, 3.63) is 45.9 Å². The molecule has 4 rings (SSSR count). The molecule has 2 aromatic heterocycles. The van der Waals surface area contributed by atoms with Crippen LogP contribution in [0, 0.1) is 0 Å². The molecule has 0 spiro atoms. The normalized spacial score (nSPS) is 13.4. The lowest BCUT2D eigenvalue weighted by Crippen LogP contribution is -2.08. The molecule has 0 saturated carbocycles. The van der Waals surface area contributed by atoms with Crippen LogP contribution in [0.1, 0.15) is 22.5 Å². The molecule has 1 aromatic carbocycles. The Morgan fingerprint density at radius 3 is 2.96 bits per heavy atom. The summed E-state index contributed by atoms with van der Waals surface area (Å²) in [7, 11) is 1.79. The number of aryl methyl sites for hydroxylation is 2. The van der Waals surface area contributed by atoms with Gasteiger partial charge in [-0.1, -0.05) is 17.7 Å². The Hall–Kier alpha value is -2.11. The first-order valence-electron chi connectivity index (χ1n) is 7.71. The van der Waals surface area contributed by atoms with E-state index in [0.717, 1.165) is 53.2 Å².